The second-order valence-corrected chi connectivity index (χ2v) is 11.0. The zero-order valence-electron chi connectivity index (χ0n) is 20.6. The standard InChI is InChI=1S/C26H35N3O4S/c1-6-24(30)28-23-9-7-21(8-10-23)20(5)27-26(31)22-11-13-29(14-12-22)34(32,33)25-18(3)15-17(2)16-19(25)4/h7-10,15-16,20,22H,6,11-14H2,1-5H3,(H,27,31)(H,28,30). The molecular weight excluding hydrogens is 450 g/mol. The van der Waals surface area contributed by atoms with E-state index in [9.17, 15) is 18.0 Å². The molecule has 1 unspecified atom stereocenters. The molecule has 1 saturated heterocycles. The molecule has 1 heterocycles. The van der Waals surface area contributed by atoms with Gasteiger partial charge in [0.2, 0.25) is 21.8 Å². The Bertz CT molecular complexity index is 1130. The van der Waals surface area contributed by atoms with E-state index in [0.717, 1.165) is 27.9 Å². The molecule has 0 bridgehead atoms. The number of hydrogen-bond acceptors (Lipinski definition) is 4. The molecule has 0 aromatic heterocycles. The van der Waals surface area contributed by atoms with Crippen LogP contribution in [-0.4, -0.2) is 37.6 Å². The van der Waals surface area contributed by atoms with E-state index in [2.05, 4.69) is 10.6 Å². The summed E-state index contributed by atoms with van der Waals surface area (Å²) in [6.07, 6.45) is 1.39. The van der Waals surface area contributed by atoms with Crippen molar-refractivity contribution in [3.63, 3.8) is 0 Å². The molecule has 0 saturated carbocycles. The van der Waals surface area contributed by atoms with Crippen LogP contribution in [0.1, 0.15) is 61.4 Å². The van der Waals surface area contributed by atoms with E-state index in [1.165, 1.54) is 4.31 Å². The molecule has 0 spiro atoms. The minimum Gasteiger partial charge on any atom is -0.349 e. The van der Waals surface area contributed by atoms with E-state index in [0.29, 0.717) is 37.2 Å². The van der Waals surface area contributed by atoms with Gasteiger partial charge >= 0.3 is 0 Å². The number of nitrogens with one attached hydrogen (secondary N) is 2. The maximum Gasteiger partial charge on any atom is 0.243 e. The van der Waals surface area contributed by atoms with Gasteiger partial charge in [-0.15, -0.1) is 0 Å². The van der Waals surface area contributed by atoms with E-state index in [1.807, 2.05) is 64.1 Å². The lowest BCUT2D eigenvalue weighted by Crippen LogP contribution is -2.43. The van der Waals surface area contributed by atoms with Gasteiger partial charge in [-0.3, -0.25) is 9.59 Å². The SMILES string of the molecule is CCC(=O)Nc1ccc(C(C)NC(=O)C2CCN(S(=O)(=O)c3c(C)cc(C)cc3C)CC2)cc1. The number of carbonyl (C=O) groups is 2. The molecule has 2 aromatic rings. The van der Waals surface area contributed by atoms with Crippen molar-refractivity contribution in [2.75, 3.05) is 18.4 Å². The number of amides is 2. The molecule has 0 aliphatic carbocycles. The van der Waals surface area contributed by atoms with Crippen LogP contribution in [0.25, 0.3) is 0 Å². The summed E-state index contributed by atoms with van der Waals surface area (Å²) in [5.74, 6) is -0.331. The second-order valence-electron chi connectivity index (χ2n) is 9.16. The molecule has 1 aliphatic rings. The average molecular weight is 486 g/mol. The third-order valence-corrected chi connectivity index (χ3v) is 8.61. The Labute approximate surface area is 203 Å². The maximum absolute atomic E-state index is 13.3. The van der Waals surface area contributed by atoms with Crippen molar-refractivity contribution < 1.29 is 18.0 Å². The van der Waals surface area contributed by atoms with Gasteiger partial charge in [0.05, 0.1) is 10.9 Å². The zero-order valence-corrected chi connectivity index (χ0v) is 21.5. The van der Waals surface area contributed by atoms with Gasteiger partial charge in [0, 0.05) is 31.1 Å². The third-order valence-electron chi connectivity index (χ3n) is 6.40. The van der Waals surface area contributed by atoms with Crippen molar-refractivity contribution in [2.24, 2.45) is 5.92 Å². The highest BCUT2D eigenvalue weighted by Crippen LogP contribution is 2.29. The fourth-order valence-corrected chi connectivity index (χ4v) is 6.46. The van der Waals surface area contributed by atoms with Gasteiger partial charge in [-0.1, -0.05) is 36.8 Å². The van der Waals surface area contributed by atoms with Crippen molar-refractivity contribution in [3.05, 3.63) is 58.7 Å². The Morgan fingerprint density at radius 1 is 1.03 bits per heavy atom. The van der Waals surface area contributed by atoms with Crippen LogP contribution in [0.5, 0.6) is 0 Å². The van der Waals surface area contributed by atoms with Crippen LogP contribution in [0, 0.1) is 26.7 Å². The summed E-state index contributed by atoms with van der Waals surface area (Å²) in [6, 6.07) is 11.0. The lowest BCUT2D eigenvalue weighted by Gasteiger charge is -2.32. The molecule has 8 heteroatoms. The van der Waals surface area contributed by atoms with Gasteiger partial charge in [-0.2, -0.15) is 4.31 Å². The van der Waals surface area contributed by atoms with Crippen LogP contribution in [0.3, 0.4) is 0 Å². The molecule has 2 N–H and O–H groups in total. The molecule has 3 rings (SSSR count). The number of carbonyl (C=O) groups excluding carboxylic acids is 2. The maximum atomic E-state index is 13.3. The van der Waals surface area contributed by atoms with E-state index in [4.69, 9.17) is 0 Å². The van der Waals surface area contributed by atoms with Gasteiger partial charge in [0.15, 0.2) is 0 Å². The van der Waals surface area contributed by atoms with Crippen molar-refractivity contribution in [3.8, 4) is 0 Å². The summed E-state index contributed by atoms with van der Waals surface area (Å²) < 4.78 is 28.1. The summed E-state index contributed by atoms with van der Waals surface area (Å²) in [5, 5.41) is 5.86. The van der Waals surface area contributed by atoms with Crippen molar-refractivity contribution in [1.82, 2.24) is 9.62 Å². The highest BCUT2D eigenvalue weighted by atomic mass is 32.2. The van der Waals surface area contributed by atoms with Gasteiger partial charge in [0.25, 0.3) is 0 Å². The third kappa shape index (κ3) is 5.85. The van der Waals surface area contributed by atoms with Crippen LogP contribution < -0.4 is 10.6 Å². The van der Waals surface area contributed by atoms with Crippen LogP contribution in [0.15, 0.2) is 41.3 Å². The minimum atomic E-state index is -3.60. The average Bonchev–Trinajstić information content (AvgIpc) is 2.78. The van der Waals surface area contributed by atoms with E-state index in [-0.39, 0.29) is 23.8 Å². The van der Waals surface area contributed by atoms with Crippen LogP contribution in [-0.2, 0) is 19.6 Å². The number of sulfonamides is 1. The fraction of sp³-hybridized carbons (Fsp3) is 0.462. The van der Waals surface area contributed by atoms with E-state index < -0.39 is 10.0 Å². The van der Waals surface area contributed by atoms with E-state index >= 15 is 0 Å². The first kappa shape index (κ1) is 25.9. The molecule has 2 amide bonds. The summed E-state index contributed by atoms with van der Waals surface area (Å²) in [5.41, 5.74) is 4.21. The number of piperidine rings is 1. The molecule has 2 aromatic carbocycles. The predicted molar refractivity (Wildman–Crippen MR) is 134 cm³/mol. The summed E-state index contributed by atoms with van der Waals surface area (Å²) in [4.78, 5) is 24.8. The summed E-state index contributed by atoms with van der Waals surface area (Å²) in [6.45, 7) is 9.99. The number of aryl methyl sites for hydroxylation is 3. The first-order valence-corrected chi connectivity index (χ1v) is 13.2. The first-order valence-electron chi connectivity index (χ1n) is 11.8. The molecule has 1 aliphatic heterocycles. The number of rotatable bonds is 7. The largest absolute Gasteiger partial charge is 0.349 e. The number of hydrogen-bond donors (Lipinski definition) is 2. The Morgan fingerprint density at radius 3 is 2.12 bits per heavy atom. The highest BCUT2D eigenvalue weighted by molar-refractivity contribution is 7.89. The summed E-state index contributed by atoms with van der Waals surface area (Å²) in [7, 11) is -3.60. The van der Waals surface area contributed by atoms with Crippen LogP contribution in [0.4, 0.5) is 5.69 Å². The minimum absolute atomic E-state index is 0.0462. The molecule has 34 heavy (non-hydrogen) atoms. The Balaban J connectivity index is 1.59. The Kier molecular flexibility index (Phi) is 8.15. The van der Waals surface area contributed by atoms with Crippen molar-refractivity contribution >= 4 is 27.5 Å². The molecule has 7 nitrogen and oxygen atoms in total. The lowest BCUT2D eigenvalue weighted by molar-refractivity contribution is -0.126. The van der Waals surface area contributed by atoms with E-state index in [1.54, 1.807) is 6.92 Å². The van der Waals surface area contributed by atoms with Crippen molar-refractivity contribution in [2.45, 2.75) is 64.8 Å². The van der Waals surface area contributed by atoms with Gasteiger partial charge in [0.1, 0.15) is 0 Å². The summed E-state index contributed by atoms with van der Waals surface area (Å²) >= 11 is 0. The molecule has 1 fully saturated rings. The van der Waals surface area contributed by atoms with Gasteiger partial charge < -0.3 is 10.6 Å². The highest BCUT2D eigenvalue weighted by Gasteiger charge is 2.34. The lowest BCUT2D eigenvalue weighted by atomic mass is 9.96. The zero-order chi connectivity index (χ0) is 25.0. The first-order chi connectivity index (χ1) is 16.0. The molecule has 184 valence electrons. The smallest absolute Gasteiger partial charge is 0.243 e. The van der Waals surface area contributed by atoms with Gasteiger partial charge in [-0.05, 0) is 69.4 Å². The number of anilines is 1. The topological polar surface area (TPSA) is 95.6 Å². The van der Waals surface area contributed by atoms with Crippen LogP contribution in [0.2, 0.25) is 0 Å². The number of nitrogens with zero attached hydrogens (tertiary/aromatic N) is 1. The monoisotopic (exact) mass is 485 g/mol. The second kappa shape index (κ2) is 10.7. The number of benzene rings is 2. The Hall–Kier alpha value is -2.71. The molecular formula is C26H35N3O4S. The van der Waals surface area contributed by atoms with Gasteiger partial charge in [-0.25, -0.2) is 8.42 Å². The van der Waals surface area contributed by atoms with Crippen LogP contribution >= 0.6 is 0 Å². The normalized spacial score (nSPS) is 16.1. The molecule has 0 radical (unpaired) electrons. The quantitative estimate of drug-likeness (QED) is 0.613. The Morgan fingerprint density at radius 2 is 1.59 bits per heavy atom. The molecule has 1 atom stereocenters. The predicted octanol–water partition coefficient (Wildman–Crippen LogP) is 4.24. The fourth-order valence-electron chi connectivity index (χ4n) is 4.58. The van der Waals surface area contributed by atoms with Crippen molar-refractivity contribution in [1.29, 1.82) is 0 Å².